The van der Waals surface area contributed by atoms with Crippen LogP contribution in [-0.2, 0) is 9.53 Å². The molecule has 0 aromatic heterocycles. The third-order valence-corrected chi connectivity index (χ3v) is 4.64. The average molecular weight is 324 g/mol. The Balaban J connectivity index is 1.65. The lowest BCUT2D eigenvalue weighted by atomic mass is 9.86. The Morgan fingerprint density at radius 2 is 2.17 bits per heavy atom. The zero-order chi connectivity index (χ0) is 16.2. The third kappa shape index (κ3) is 4.06. The summed E-state index contributed by atoms with van der Waals surface area (Å²) in [6.45, 7) is 2.14. The molecule has 0 radical (unpaired) electrons. The molecular formula is C17H22F2N2O2. The Morgan fingerprint density at radius 1 is 1.30 bits per heavy atom. The summed E-state index contributed by atoms with van der Waals surface area (Å²) < 4.78 is 32.1. The van der Waals surface area contributed by atoms with Gasteiger partial charge < -0.3 is 15.4 Å². The molecule has 3 atom stereocenters. The molecule has 2 aliphatic rings. The Labute approximate surface area is 134 Å². The van der Waals surface area contributed by atoms with Gasteiger partial charge in [-0.15, -0.1) is 0 Å². The number of carbonyl (C=O) groups excluding carboxylic acids is 1. The number of nitrogens with one attached hydrogen (secondary N) is 2. The molecule has 2 aliphatic heterocycles. The lowest BCUT2D eigenvalue weighted by Crippen LogP contribution is -2.50. The standard InChI is InChI=1S/C17H22F2N2O2/c18-14-4-3-11(8-15(14)19)13-5-6-20-10-16(13)21-17(22)9-12-2-1-7-23-12/h3-4,8,12-13,16,20H,1-2,5-7,9-10H2,(H,21,22). The van der Waals surface area contributed by atoms with Gasteiger partial charge >= 0.3 is 0 Å². The van der Waals surface area contributed by atoms with E-state index in [0.717, 1.165) is 44.0 Å². The van der Waals surface area contributed by atoms with Crippen molar-refractivity contribution in [1.82, 2.24) is 10.6 Å². The van der Waals surface area contributed by atoms with Crippen LogP contribution >= 0.6 is 0 Å². The summed E-state index contributed by atoms with van der Waals surface area (Å²) in [4.78, 5) is 12.2. The first-order valence-corrected chi connectivity index (χ1v) is 8.20. The van der Waals surface area contributed by atoms with Gasteiger partial charge in [-0.2, -0.15) is 0 Å². The van der Waals surface area contributed by atoms with Crippen LogP contribution in [-0.4, -0.2) is 37.7 Å². The number of hydrogen-bond donors (Lipinski definition) is 2. The van der Waals surface area contributed by atoms with Crippen LogP contribution in [0.1, 0.15) is 37.2 Å². The quantitative estimate of drug-likeness (QED) is 0.892. The minimum absolute atomic E-state index is 0.00765. The van der Waals surface area contributed by atoms with Gasteiger partial charge in [0.15, 0.2) is 11.6 Å². The van der Waals surface area contributed by atoms with E-state index in [2.05, 4.69) is 10.6 Å². The number of amides is 1. The topological polar surface area (TPSA) is 50.4 Å². The summed E-state index contributed by atoms with van der Waals surface area (Å²) in [5, 5.41) is 6.28. The van der Waals surface area contributed by atoms with Crippen molar-refractivity contribution in [3.8, 4) is 0 Å². The van der Waals surface area contributed by atoms with Crippen LogP contribution in [0.3, 0.4) is 0 Å². The van der Waals surface area contributed by atoms with E-state index in [1.807, 2.05) is 0 Å². The molecule has 0 saturated carbocycles. The molecule has 2 fully saturated rings. The first kappa shape index (κ1) is 16.3. The highest BCUT2D eigenvalue weighted by atomic mass is 19.2. The maximum Gasteiger partial charge on any atom is 0.222 e. The predicted octanol–water partition coefficient (Wildman–Crippen LogP) is 2.10. The van der Waals surface area contributed by atoms with Crippen molar-refractivity contribution >= 4 is 5.91 Å². The van der Waals surface area contributed by atoms with E-state index >= 15 is 0 Å². The van der Waals surface area contributed by atoms with Gasteiger partial charge in [-0.25, -0.2) is 8.78 Å². The van der Waals surface area contributed by atoms with Crippen LogP contribution in [0.2, 0.25) is 0 Å². The largest absolute Gasteiger partial charge is 0.378 e. The van der Waals surface area contributed by atoms with Crippen LogP contribution in [0.4, 0.5) is 8.78 Å². The van der Waals surface area contributed by atoms with Crippen LogP contribution in [0.5, 0.6) is 0 Å². The lowest BCUT2D eigenvalue weighted by molar-refractivity contribution is -0.124. The Bertz CT molecular complexity index is 562. The molecule has 2 saturated heterocycles. The number of hydrogen-bond acceptors (Lipinski definition) is 3. The second kappa shape index (κ2) is 7.36. The summed E-state index contributed by atoms with van der Waals surface area (Å²) in [5.41, 5.74) is 0.729. The Hall–Kier alpha value is -1.53. The zero-order valence-electron chi connectivity index (χ0n) is 13.0. The number of carbonyl (C=O) groups is 1. The second-order valence-electron chi connectivity index (χ2n) is 6.29. The monoisotopic (exact) mass is 324 g/mol. The van der Waals surface area contributed by atoms with Gasteiger partial charge in [0.1, 0.15) is 0 Å². The van der Waals surface area contributed by atoms with E-state index in [0.29, 0.717) is 13.0 Å². The van der Waals surface area contributed by atoms with E-state index < -0.39 is 11.6 Å². The second-order valence-corrected chi connectivity index (χ2v) is 6.29. The predicted molar refractivity (Wildman–Crippen MR) is 82.1 cm³/mol. The van der Waals surface area contributed by atoms with Crippen molar-refractivity contribution in [2.24, 2.45) is 0 Å². The highest BCUT2D eigenvalue weighted by molar-refractivity contribution is 5.77. The molecule has 3 rings (SSSR count). The minimum Gasteiger partial charge on any atom is -0.378 e. The van der Waals surface area contributed by atoms with Crippen LogP contribution < -0.4 is 10.6 Å². The molecule has 0 bridgehead atoms. The van der Waals surface area contributed by atoms with E-state index in [1.165, 1.54) is 6.07 Å². The number of piperidine rings is 1. The number of benzene rings is 1. The summed E-state index contributed by atoms with van der Waals surface area (Å²) in [5.74, 6) is -1.75. The van der Waals surface area contributed by atoms with Gasteiger partial charge in [0.05, 0.1) is 12.5 Å². The lowest BCUT2D eigenvalue weighted by Gasteiger charge is -2.33. The highest BCUT2D eigenvalue weighted by Crippen LogP contribution is 2.27. The molecule has 23 heavy (non-hydrogen) atoms. The smallest absolute Gasteiger partial charge is 0.222 e. The molecule has 1 aromatic rings. The summed E-state index contributed by atoms with van der Waals surface area (Å²) in [7, 11) is 0. The average Bonchev–Trinajstić information content (AvgIpc) is 3.03. The maximum atomic E-state index is 13.5. The van der Waals surface area contributed by atoms with E-state index in [4.69, 9.17) is 4.74 Å². The highest BCUT2D eigenvalue weighted by Gasteiger charge is 2.29. The number of rotatable bonds is 4. The molecule has 0 spiro atoms. The number of halogens is 2. The normalized spacial score (nSPS) is 27.8. The van der Waals surface area contributed by atoms with Gasteiger partial charge in [-0.05, 0) is 43.5 Å². The first-order valence-electron chi connectivity index (χ1n) is 8.20. The van der Waals surface area contributed by atoms with Crippen LogP contribution in [0.15, 0.2) is 18.2 Å². The molecule has 3 unspecified atom stereocenters. The molecule has 1 aromatic carbocycles. The zero-order valence-corrected chi connectivity index (χ0v) is 13.0. The van der Waals surface area contributed by atoms with Gasteiger partial charge in [-0.3, -0.25) is 4.79 Å². The molecule has 1 amide bonds. The SMILES string of the molecule is O=C(CC1CCCO1)NC1CNCCC1c1ccc(F)c(F)c1. The fraction of sp³-hybridized carbons (Fsp3) is 0.588. The molecule has 4 nitrogen and oxygen atoms in total. The third-order valence-electron chi connectivity index (χ3n) is 4.64. The van der Waals surface area contributed by atoms with Crippen molar-refractivity contribution in [3.63, 3.8) is 0 Å². The molecule has 2 heterocycles. The van der Waals surface area contributed by atoms with Crippen molar-refractivity contribution in [1.29, 1.82) is 0 Å². The van der Waals surface area contributed by atoms with Gasteiger partial charge in [-0.1, -0.05) is 6.07 Å². The fourth-order valence-electron chi connectivity index (χ4n) is 3.43. The number of ether oxygens (including phenoxy) is 1. The molecule has 126 valence electrons. The van der Waals surface area contributed by atoms with E-state index in [-0.39, 0.29) is 24.0 Å². The maximum absolute atomic E-state index is 13.5. The van der Waals surface area contributed by atoms with Crippen molar-refractivity contribution < 1.29 is 18.3 Å². The van der Waals surface area contributed by atoms with Gasteiger partial charge in [0, 0.05) is 25.1 Å². The van der Waals surface area contributed by atoms with E-state index in [9.17, 15) is 13.6 Å². The molecule has 0 aliphatic carbocycles. The van der Waals surface area contributed by atoms with Crippen molar-refractivity contribution in [2.75, 3.05) is 19.7 Å². The molecule has 2 N–H and O–H groups in total. The Morgan fingerprint density at radius 3 is 2.91 bits per heavy atom. The van der Waals surface area contributed by atoms with Crippen molar-refractivity contribution in [3.05, 3.63) is 35.4 Å². The molecular weight excluding hydrogens is 302 g/mol. The van der Waals surface area contributed by atoms with Crippen LogP contribution in [0.25, 0.3) is 0 Å². The summed E-state index contributed by atoms with van der Waals surface area (Å²) in [6.07, 6.45) is 3.06. The van der Waals surface area contributed by atoms with Gasteiger partial charge in [0.2, 0.25) is 5.91 Å². The van der Waals surface area contributed by atoms with Gasteiger partial charge in [0.25, 0.3) is 0 Å². The fourth-order valence-corrected chi connectivity index (χ4v) is 3.43. The molecule has 6 heteroatoms. The summed E-state index contributed by atoms with van der Waals surface area (Å²) >= 11 is 0. The summed E-state index contributed by atoms with van der Waals surface area (Å²) in [6, 6.07) is 3.87. The van der Waals surface area contributed by atoms with Crippen molar-refractivity contribution in [2.45, 2.75) is 43.7 Å². The first-order chi connectivity index (χ1) is 11.1. The minimum atomic E-state index is -0.846. The van der Waals surface area contributed by atoms with E-state index in [1.54, 1.807) is 6.07 Å². The Kier molecular flexibility index (Phi) is 5.23. The van der Waals surface area contributed by atoms with Crippen LogP contribution in [0, 0.1) is 11.6 Å².